The molecule has 0 N–H and O–H groups in total. The number of hydrogen-bond donors (Lipinski definition) is 0. The van der Waals surface area contributed by atoms with Crippen LogP contribution in [0.3, 0.4) is 0 Å². The molecule has 0 fully saturated rings. The van der Waals surface area contributed by atoms with E-state index in [2.05, 4.69) is 15.9 Å². The van der Waals surface area contributed by atoms with Crippen molar-refractivity contribution in [1.29, 1.82) is 0 Å². The minimum Gasteiger partial charge on any atom is -0.453 e. The average molecular weight is 249 g/mol. The first-order valence-electron chi connectivity index (χ1n) is 3.46. The Morgan fingerprint density at radius 1 is 1.33 bits per heavy atom. The van der Waals surface area contributed by atoms with Crippen molar-refractivity contribution >= 4 is 27.5 Å². The largest absolute Gasteiger partial charge is 0.453 e. The van der Waals surface area contributed by atoms with Crippen molar-refractivity contribution in [1.82, 2.24) is 0 Å². The zero-order valence-electron chi connectivity index (χ0n) is 6.14. The quantitative estimate of drug-likeness (QED) is 0.713. The minimum absolute atomic E-state index is 0.263. The average Bonchev–Trinajstić information content (AvgIpc) is 2.54. The van der Waals surface area contributed by atoms with E-state index < -0.39 is 0 Å². The molecule has 0 aromatic heterocycles. The third kappa shape index (κ3) is 1.17. The van der Waals surface area contributed by atoms with E-state index in [-0.39, 0.29) is 6.79 Å². The van der Waals surface area contributed by atoms with Gasteiger partial charge in [-0.1, -0.05) is 33.6 Å². The first-order valence-corrected chi connectivity index (χ1v) is 4.96. The first-order chi connectivity index (χ1) is 5.83. The van der Waals surface area contributed by atoms with E-state index in [9.17, 15) is 0 Å². The zero-order chi connectivity index (χ0) is 8.55. The summed E-state index contributed by atoms with van der Waals surface area (Å²) < 4.78 is 10.5. The second-order valence-electron chi connectivity index (χ2n) is 2.40. The van der Waals surface area contributed by atoms with Gasteiger partial charge in [-0.15, -0.1) is 0 Å². The Balaban J connectivity index is 2.57. The van der Waals surface area contributed by atoms with Gasteiger partial charge < -0.3 is 9.47 Å². The van der Waals surface area contributed by atoms with Crippen LogP contribution in [0, 0.1) is 0 Å². The maximum Gasteiger partial charge on any atom is 0.231 e. The van der Waals surface area contributed by atoms with Crippen molar-refractivity contribution in [3.63, 3.8) is 0 Å². The Morgan fingerprint density at radius 2 is 2.08 bits per heavy atom. The highest BCUT2D eigenvalue weighted by Crippen LogP contribution is 2.42. The molecule has 0 bridgehead atoms. The summed E-state index contributed by atoms with van der Waals surface area (Å²) in [5.41, 5.74) is 1.06. The molecule has 1 heterocycles. The van der Waals surface area contributed by atoms with E-state index in [4.69, 9.17) is 21.1 Å². The van der Waals surface area contributed by atoms with Gasteiger partial charge in [-0.2, -0.15) is 0 Å². The van der Waals surface area contributed by atoms with Crippen molar-refractivity contribution < 1.29 is 9.47 Å². The lowest BCUT2D eigenvalue weighted by atomic mass is 10.2. The van der Waals surface area contributed by atoms with Gasteiger partial charge in [-0.25, -0.2) is 0 Å². The summed E-state index contributed by atoms with van der Waals surface area (Å²) in [6, 6.07) is 3.73. The van der Waals surface area contributed by atoms with Crippen molar-refractivity contribution in [2.24, 2.45) is 0 Å². The van der Waals surface area contributed by atoms with Crippen LogP contribution in [0.1, 0.15) is 5.56 Å². The molecule has 1 aliphatic heterocycles. The fraction of sp³-hybridized carbons (Fsp3) is 0.250. The molecule has 0 unspecified atom stereocenters. The second kappa shape index (κ2) is 3.15. The molecule has 1 aliphatic rings. The van der Waals surface area contributed by atoms with E-state index in [0.29, 0.717) is 10.8 Å². The highest BCUT2D eigenvalue weighted by molar-refractivity contribution is 9.08. The fourth-order valence-electron chi connectivity index (χ4n) is 1.12. The minimum atomic E-state index is 0.263. The molecule has 0 saturated heterocycles. The smallest absolute Gasteiger partial charge is 0.231 e. The Kier molecular flexibility index (Phi) is 2.15. The van der Waals surface area contributed by atoms with Crippen LogP contribution in [0.5, 0.6) is 11.5 Å². The Labute approximate surface area is 83.6 Å². The van der Waals surface area contributed by atoms with Crippen LogP contribution in [-0.2, 0) is 5.33 Å². The van der Waals surface area contributed by atoms with E-state index in [0.717, 1.165) is 16.6 Å². The van der Waals surface area contributed by atoms with Gasteiger partial charge in [0.05, 0.1) is 5.02 Å². The number of alkyl halides is 1. The van der Waals surface area contributed by atoms with Gasteiger partial charge in [0.15, 0.2) is 11.5 Å². The number of hydrogen-bond acceptors (Lipinski definition) is 2. The third-order valence-corrected chi connectivity index (χ3v) is 2.60. The molecule has 2 rings (SSSR count). The summed E-state index contributed by atoms with van der Waals surface area (Å²) >= 11 is 9.24. The maximum atomic E-state index is 5.88. The highest BCUT2D eigenvalue weighted by atomic mass is 79.9. The molecule has 0 amide bonds. The molecule has 12 heavy (non-hydrogen) atoms. The number of benzene rings is 1. The number of rotatable bonds is 1. The number of fused-ring (bicyclic) bond motifs is 1. The van der Waals surface area contributed by atoms with E-state index in [1.807, 2.05) is 12.1 Å². The highest BCUT2D eigenvalue weighted by Gasteiger charge is 2.19. The molecule has 4 heteroatoms. The summed E-state index contributed by atoms with van der Waals surface area (Å²) in [7, 11) is 0. The summed E-state index contributed by atoms with van der Waals surface area (Å²) in [6.07, 6.45) is 0. The van der Waals surface area contributed by atoms with Gasteiger partial charge in [-0.3, -0.25) is 0 Å². The Bertz CT molecular complexity index is 314. The molecule has 1 aromatic rings. The van der Waals surface area contributed by atoms with Crippen molar-refractivity contribution in [2.45, 2.75) is 5.33 Å². The Hall–Kier alpha value is -0.410. The Morgan fingerprint density at radius 3 is 2.83 bits per heavy atom. The van der Waals surface area contributed by atoms with Gasteiger partial charge in [0.1, 0.15) is 0 Å². The molecule has 0 aliphatic carbocycles. The van der Waals surface area contributed by atoms with Gasteiger partial charge in [-0.05, 0) is 6.07 Å². The topological polar surface area (TPSA) is 18.5 Å². The van der Waals surface area contributed by atoms with Crippen LogP contribution in [0.15, 0.2) is 12.1 Å². The predicted octanol–water partition coefficient (Wildman–Crippen LogP) is 2.96. The monoisotopic (exact) mass is 248 g/mol. The van der Waals surface area contributed by atoms with Crippen LogP contribution in [-0.4, -0.2) is 6.79 Å². The van der Waals surface area contributed by atoms with E-state index in [1.165, 1.54) is 0 Å². The van der Waals surface area contributed by atoms with Crippen molar-refractivity contribution in [2.75, 3.05) is 6.79 Å². The SMILES string of the molecule is Clc1ccc(CBr)c2c1OCO2. The molecule has 2 nitrogen and oxygen atoms in total. The van der Waals surface area contributed by atoms with Gasteiger partial charge in [0, 0.05) is 10.9 Å². The normalized spacial score (nSPS) is 13.5. The molecule has 1 aromatic carbocycles. The molecule has 64 valence electrons. The van der Waals surface area contributed by atoms with Crippen molar-refractivity contribution in [3.05, 3.63) is 22.7 Å². The van der Waals surface area contributed by atoms with Gasteiger partial charge >= 0.3 is 0 Å². The molecular weight excluding hydrogens is 243 g/mol. The van der Waals surface area contributed by atoms with Gasteiger partial charge in [0.25, 0.3) is 0 Å². The third-order valence-electron chi connectivity index (χ3n) is 1.70. The summed E-state index contributed by atoms with van der Waals surface area (Å²) in [5, 5.41) is 1.35. The lowest BCUT2D eigenvalue weighted by Gasteiger charge is -2.02. The predicted molar refractivity (Wildman–Crippen MR) is 50.2 cm³/mol. The fourth-order valence-corrected chi connectivity index (χ4v) is 1.77. The molecule has 0 atom stereocenters. The van der Waals surface area contributed by atoms with Crippen LogP contribution < -0.4 is 9.47 Å². The summed E-state index contributed by atoms with van der Waals surface area (Å²) in [6.45, 7) is 0.263. The summed E-state index contributed by atoms with van der Waals surface area (Å²) in [5.74, 6) is 1.42. The van der Waals surface area contributed by atoms with Crippen LogP contribution in [0.25, 0.3) is 0 Å². The van der Waals surface area contributed by atoms with Crippen LogP contribution in [0.4, 0.5) is 0 Å². The maximum absolute atomic E-state index is 5.88. The van der Waals surface area contributed by atoms with Crippen LogP contribution in [0.2, 0.25) is 5.02 Å². The standard InChI is InChI=1S/C8H6BrClO2/c9-3-5-1-2-6(10)8-7(5)11-4-12-8/h1-2H,3-4H2. The summed E-state index contributed by atoms with van der Waals surface area (Å²) in [4.78, 5) is 0. The second-order valence-corrected chi connectivity index (χ2v) is 3.37. The van der Waals surface area contributed by atoms with Crippen molar-refractivity contribution in [3.8, 4) is 11.5 Å². The van der Waals surface area contributed by atoms with E-state index >= 15 is 0 Å². The van der Waals surface area contributed by atoms with Crippen LogP contribution >= 0.6 is 27.5 Å². The van der Waals surface area contributed by atoms with E-state index in [1.54, 1.807) is 0 Å². The lowest BCUT2D eigenvalue weighted by Crippen LogP contribution is -1.93. The molecule has 0 radical (unpaired) electrons. The molecular formula is C8H6BrClO2. The number of halogens is 2. The molecule has 0 spiro atoms. The van der Waals surface area contributed by atoms with Gasteiger partial charge in [0.2, 0.25) is 6.79 Å². The zero-order valence-corrected chi connectivity index (χ0v) is 8.48. The molecule has 0 saturated carbocycles. The number of ether oxygens (including phenoxy) is 2. The first kappa shape index (κ1) is 8.20. The lowest BCUT2D eigenvalue weighted by molar-refractivity contribution is 0.173.